The van der Waals surface area contributed by atoms with Crippen molar-refractivity contribution in [3.63, 3.8) is 0 Å². The van der Waals surface area contributed by atoms with Gasteiger partial charge in [-0.05, 0) is 20.3 Å². The highest BCUT2D eigenvalue weighted by molar-refractivity contribution is 5.11. The van der Waals surface area contributed by atoms with Crippen LogP contribution in [-0.2, 0) is 6.42 Å². The Hall–Kier alpha value is -1.84. The van der Waals surface area contributed by atoms with Gasteiger partial charge in [0.25, 0.3) is 0 Å². The van der Waals surface area contributed by atoms with Crippen LogP contribution < -0.4 is 0 Å². The van der Waals surface area contributed by atoms with E-state index >= 15 is 0 Å². The molecule has 4 heteroatoms. The van der Waals surface area contributed by atoms with E-state index in [0.717, 1.165) is 23.5 Å². The van der Waals surface area contributed by atoms with Gasteiger partial charge in [0, 0.05) is 31.0 Å². The molecule has 0 aliphatic rings. The van der Waals surface area contributed by atoms with Crippen LogP contribution >= 0.6 is 0 Å². The molecule has 2 heterocycles. The molecule has 0 fully saturated rings. The van der Waals surface area contributed by atoms with E-state index in [2.05, 4.69) is 26.9 Å². The summed E-state index contributed by atoms with van der Waals surface area (Å²) < 4.78 is 0. The molecule has 2 aromatic heterocycles. The first-order valence-corrected chi connectivity index (χ1v) is 5.23. The maximum absolute atomic E-state index is 4.28. The Labute approximate surface area is 95.8 Å². The Morgan fingerprint density at radius 1 is 1.00 bits per heavy atom. The molecular weight excluding hydrogens is 200 g/mol. The fourth-order valence-electron chi connectivity index (χ4n) is 1.22. The third-order valence-corrected chi connectivity index (χ3v) is 1.98. The molecule has 0 N–H and O–H groups in total. The molecule has 0 atom stereocenters. The van der Waals surface area contributed by atoms with Crippen LogP contribution in [0.4, 0.5) is 0 Å². The molecule has 0 aromatic carbocycles. The van der Waals surface area contributed by atoms with Crippen molar-refractivity contribution in [3.8, 4) is 0 Å². The summed E-state index contributed by atoms with van der Waals surface area (Å²) in [5.41, 5.74) is 3.16. The Morgan fingerprint density at radius 2 is 1.56 bits per heavy atom. The van der Waals surface area contributed by atoms with Gasteiger partial charge < -0.3 is 0 Å². The number of nitrogens with zero attached hydrogens (tertiary/aromatic N) is 4. The lowest BCUT2D eigenvalue weighted by Gasteiger charge is -1.99. The van der Waals surface area contributed by atoms with Gasteiger partial charge in [-0.2, -0.15) is 0 Å². The average molecular weight is 216 g/mol. The summed E-state index contributed by atoms with van der Waals surface area (Å²) in [6.45, 7) is 6.05. The van der Waals surface area contributed by atoms with E-state index in [1.165, 1.54) is 0 Å². The van der Waals surface area contributed by atoms with Crippen molar-refractivity contribution in [3.05, 3.63) is 48.1 Å². The predicted octanol–water partition coefficient (Wildman–Crippen LogP) is 2.13. The van der Waals surface area contributed by atoms with Crippen molar-refractivity contribution < 1.29 is 0 Å². The summed E-state index contributed by atoms with van der Waals surface area (Å²) in [7, 11) is 0. The van der Waals surface area contributed by atoms with E-state index in [1.807, 2.05) is 20.0 Å². The Morgan fingerprint density at radius 3 is 1.94 bits per heavy atom. The smallest absolute Gasteiger partial charge is 0.0613 e. The molecule has 0 saturated carbocycles. The van der Waals surface area contributed by atoms with Crippen molar-refractivity contribution in [2.75, 3.05) is 0 Å². The number of aromatic nitrogens is 4. The second-order valence-electron chi connectivity index (χ2n) is 3.29. The quantitative estimate of drug-likeness (QED) is 0.732. The maximum Gasteiger partial charge on any atom is 0.0613 e. The third-order valence-electron chi connectivity index (χ3n) is 1.98. The average Bonchev–Trinajstić information content (AvgIpc) is 2.32. The number of hydrogen-bond donors (Lipinski definition) is 0. The summed E-state index contributed by atoms with van der Waals surface area (Å²) in [6.07, 6.45) is 9.34. The van der Waals surface area contributed by atoms with Crippen LogP contribution in [0.15, 0.2) is 31.0 Å². The molecule has 2 rings (SSSR count). The molecule has 0 amide bonds. The molecule has 0 spiro atoms. The molecule has 16 heavy (non-hydrogen) atoms. The minimum Gasteiger partial charge on any atom is -0.262 e. The Kier molecular flexibility index (Phi) is 5.05. The van der Waals surface area contributed by atoms with Crippen LogP contribution in [0.5, 0.6) is 0 Å². The summed E-state index contributed by atoms with van der Waals surface area (Å²) in [6, 6.07) is 0. The highest BCUT2D eigenvalue weighted by Gasteiger charge is 1.96. The lowest BCUT2D eigenvalue weighted by Crippen LogP contribution is -1.96. The molecule has 0 bridgehead atoms. The van der Waals surface area contributed by atoms with E-state index in [1.54, 1.807) is 24.8 Å². The maximum atomic E-state index is 4.28. The van der Waals surface area contributed by atoms with Crippen molar-refractivity contribution in [1.82, 2.24) is 19.9 Å². The zero-order valence-electron chi connectivity index (χ0n) is 9.88. The Bertz CT molecular complexity index is 388. The zero-order chi connectivity index (χ0) is 11.8. The minimum atomic E-state index is 0.971. The fourth-order valence-corrected chi connectivity index (χ4v) is 1.22. The van der Waals surface area contributed by atoms with Gasteiger partial charge in [0.15, 0.2) is 0 Å². The molecule has 0 unspecified atom stereocenters. The predicted molar refractivity (Wildman–Crippen MR) is 62.9 cm³/mol. The van der Waals surface area contributed by atoms with Crippen molar-refractivity contribution in [2.45, 2.75) is 27.2 Å². The molecule has 0 radical (unpaired) electrons. The van der Waals surface area contributed by atoms with E-state index in [9.17, 15) is 0 Å². The minimum absolute atomic E-state index is 0.971. The van der Waals surface area contributed by atoms with Crippen LogP contribution in [0.1, 0.15) is 24.0 Å². The van der Waals surface area contributed by atoms with Gasteiger partial charge in [0.1, 0.15) is 0 Å². The fraction of sp³-hybridized carbons (Fsp3) is 0.333. The Balaban J connectivity index is 0.000000181. The van der Waals surface area contributed by atoms with Gasteiger partial charge >= 0.3 is 0 Å². The molecule has 0 aliphatic heterocycles. The molecule has 0 aliphatic carbocycles. The molecule has 4 nitrogen and oxygen atoms in total. The standard InChI is InChI=1S/C8H12N2.C4H4N2/c1-4-8-7(3)10-6(2)5-9-8;1-2-6-4-3-5-1/h5H,4H2,1-3H3;1-4H. The zero-order valence-corrected chi connectivity index (χ0v) is 9.88. The van der Waals surface area contributed by atoms with E-state index < -0.39 is 0 Å². The summed E-state index contributed by atoms with van der Waals surface area (Å²) >= 11 is 0. The normalized spacial score (nSPS) is 9.19. The van der Waals surface area contributed by atoms with Gasteiger partial charge in [-0.15, -0.1) is 0 Å². The second kappa shape index (κ2) is 6.61. The van der Waals surface area contributed by atoms with Crippen LogP contribution in [-0.4, -0.2) is 19.9 Å². The second-order valence-corrected chi connectivity index (χ2v) is 3.29. The summed E-state index contributed by atoms with van der Waals surface area (Å²) in [5.74, 6) is 0. The SMILES string of the molecule is CCc1ncc(C)nc1C.c1cnccn1. The molecular formula is C12H16N4. The first kappa shape index (κ1) is 12.2. The van der Waals surface area contributed by atoms with E-state index in [4.69, 9.17) is 0 Å². The van der Waals surface area contributed by atoms with Crippen LogP contribution in [0.3, 0.4) is 0 Å². The summed E-state index contributed by atoms with van der Waals surface area (Å²) in [4.78, 5) is 16.0. The van der Waals surface area contributed by atoms with E-state index in [0.29, 0.717) is 0 Å². The van der Waals surface area contributed by atoms with Crippen LogP contribution in [0.25, 0.3) is 0 Å². The van der Waals surface area contributed by atoms with Crippen molar-refractivity contribution in [1.29, 1.82) is 0 Å². The highest BCUT2D eigenvalue weighted by atomic mass is 14.8. The van der Waals surface area contributed by atoms with Crippen molar-refractivity contribution >= 4 is 0 Å². The van der Waals surface area contributed by atoms with Gasteiger partial charge in [0.2, 0.25) is 0 Å². The lowest BCUT2D eigenvalue weighted by atomic mass is 10.2. The largest absolute Gasteiger partial charge is 0.262 e. The first-order chi connectivity index (χ1) is 7.74. The number of hydrogen-bond acceptors (Lipinski definition) is 4. The van der Waals surface area contributed by atoms with Crippen LogP contribution in [0.2, 0.25) is 0 Å². The number of rotatable bonds is 1. The van der Waals surface area contributed by atoms with Gasteiger partial charge in [-0.25, -0.2) is 0 Å². The monoisotopic (exact) mass is 216 g/mol. The van der Waals surface area contributed by atoms with Gasteiger partial charge in [-0.3, -0.25) is 19.9 Å². The van der Waals surface area contributed by atoms with Gasteiger partial charge in [-0.1, -0.05) is 6.92 Å². The first-order valence-electron chi connectivity index (χ1n) is 5.23. The highest BCUT2D eigenvalue weighted by Crippen LogP contribution is 2.01. The lowest BCUT2D eigenvalue weighted by molar-refractivity contribution is 0.935. The van der Waals surface area contributed by atoms with Gasteiger partial charge in [0.05, 0.1) is 17.1 Å². The summed E-state index contributed by atoms with van der Waals surface area (Å²) in [5, 5.41) is 0. The van der Waals surface area contributed by atoms with Crippen LogP contribution in [0, 0.1) is 13.8 Å². The molecule has 84 valence electrons. The third kappa shape index (κ3) is 4.13. The topological polar surface area (TPSA) is 51.6 Å². The molecule has 2 aromatic rings. The number of aryl methyl sites for hydroxylation is 3. The van der Waals surface area contributed by atoms with Crippen molar-refractivity contribution in [2.24, 2.45) is 0 Å². The van der Waals surface area contributed by atoms with E-state index in [-0.39, 0.29) is 0 Å². The molecule has 0 saturated heterocycles.